The van der Waals surface area contributed by atoms with Gasteiger partial charge in [0.2, 0.25) is 0 Å². The normalized spacial score (nSPS) is 15.7. The van der Waals surface area contributed by atoms with Gasteiger partial charge in [-0.05, 0) is 42.9 Å². The lowest BCUT2D eigenvalue weighted by Crippen LogP contribution is -2.39. The third-order valence-electron chi connectivity index (χ3n) is 4.25. The molecule has 0 aliphatic carbocycles. The Bertz CT molecular complexity index is 537. The minimum absolute atomic E-state index is 0. The van der Waals surface area contributed by atoms with Crippen LogP contribution in [0.25, 0.3) is 0 Å². The molecule has 1 aliphatic heterocycles. The van der Waals surface area contributed by atoms with Crippen LogP contribution in [0.1, 0.15) is 24.8 Å². The number of guanidine groups is 1. The Labute approximate surface area is 160 Å². The summed E-state index contributed by atoms with van der Waals surface area (Å²) in [6.45, 7) is 3.13. The quantitative estimate of drug-likeness (QED) is 0.411. The van der Waals surface area contributed by atoms with Gasteiger partial charge in [-0.2, -0.15) is 0 Å². The fourth-order valence-corrected chi connectivity index (χ4v) is 2.74. The molecule has 0 saturated carbocycles. The summed E-state index contributed by atoms with van der Waals surface area (Å²) in [5.74, 6) is 0.569. The first-order valence-corrected chi connectivity index (χ1v) is 8.07. The first-order chi connectivity index (χ1) is 11.1. The standard InChI is InChI=1S/C17H26FN3O2.HI/c1-19-17(20-12-14-3-4-16(22)15(18)11-14)21(2)8-5-13-6-9-23-10-7-13;/h3-4,11,13,22H,5-10,12H2,1-2H3,(H,19,20);1H. The van der Waals surface area contributed by atoms with E-state index in [-0.39, 0.29) is 29.7 Å². The third kappa shape index (κ3) is 6.43. The van der Waals surface area contributed by atoms with Gasteiger partial charge in [-0.1, -0.05) is 6.07 Å². The zero-order valence-corrected chi connectivity index (χ0v) is 16.6. The van der Waals surface area contributed by atoms with Crippen molar-refractivity contribution in [3.63, 3.8) is 0 Å². The number of hydrogen-bond acceptors (Lipinski definition) is 3. The van der Waals surface area contributed by atoms with Crippen molar-refractivity contribution >= 4 is 29.9 Å². The topological polar surface area (TPSA) is 57.1 Å². The number of phenols is 1. The third-order valence-corrected chi connectivity index (χ3v) is 4.25. The molecule has 5 nitrogen and oxygen atoms in total. The molecule has 0 unspecified atom stereocenters. The second-order valence-corrected chi connectivity index (χ2v) is 5.95. The van der Waals surface area contributed by atoms with E-state index in [1.807, 2.05) is 7.05 Å². The Hall–Kier alpha value is -1.09. The zero-order valence-electron chi connectivity index (χ0n) is 14.3. The molecule has 0 radical (unpaired) electrons. The number of halogens is 2. The number of benzene rings is 1. The maximum atomic E-state index is 13.3. The number of aliphatic imine (C=N–C) groups is 1. The van der Waals surface area contributed by atoms with Crippen molar-refractivity contribution in [1.82, 2.24) is 10.2 Å². The summed E-state index contributed by atoms with van der Waals surface area (Å²) in [6, 6.07) is 4.39. The summed E-state index contributed by atoms with van der Waals surface area (Å²) in [6.07, 6.45) is 3.38. The fourth-order valence-electron chi connectivity index (χ4n) is 2.74. The van der Waals surface area contributed by atoms with Crippen LogP contribution in [0.3, 0.4) is 0 Å². The van der Waals surface area contributed by atoms with E-state index in [9.17, 15) is 9.50 Å². The number of nitrogens with one attached hydrogen (secondary N) is 1. The first-order valence-electron chi connectivity index (χ1n) is 8.07. The van der Waals surface area contributed by atoms with Crippen LogP contribution in [-0.2, 0) is 11.3 Å². The highest BCUT2D eigenvalue weighted by Gasteiger charge is 2.15. The van der Waals surface area contributed by atoms with E-state index in [4.69, 9.17) is 4.74 Å². The average Bonchev–Trinajstić information content (AvgIpc) is 2.57. The summed E-state index contributed by atoms with van der Waals surface area (Å²) < 4.78 is 18.7. The summed E-state index contributed by atoms with van der Waals surface area (Å²) in [5, 5.41) is 12.4. The van der Waals surface area contributed by atoms with Crippen molar-refractivity contribution in [3.8, 4) is 5.75 Å². The zero-order chi connectivity index (χ0) is 16.7. The molecule has 2 rings (SSSR count). The molecule has 2 N–H and O–H groups in total. The molecule has 0 atom stereocenters. The number of ether oxygens (including phenoxy) is 1. The Morgan fingerprint density at radius 3 is 2.75 bits per heavy atom. The Morgan fingerprint density at radius 2 is 2.12 bits per heavy atom. The monoisotopic (exact) mass is 451 g/mol. The molecular weight excluding hydrogens is 424 g/mol. The van der Waals surface area contributed by atoms with Gasteiger partial charge in [0.15, 0.2) is 17.5 Å². The highest BCUT2D eigenvalue weighted by molar-refractivity contribution is 14.0. The lowest BCUT2D eigenvalue weighted by atomic mass is 9.96. The lowest BCUT2D eigenvalue weighted by Gasteiger charge is -2.26. The van der Waals surface area contributed by atoms with Gasteiger partial charge < -0.3 is 20.1 Å². The predicted molar refractivity (Wildman–Crippen MR) is 104 cm³/mol. The molecule has 1 saturated heterocycles. The minimum atomic E-state index is -0.604. The van der Waals surface area contributed by atoms with Crippen molar-refractivity contribution in [2.24, 2.45) is 10.9 Å². The van der Waals surface area contributed by atoms with E-state index in [0.29, 0.717) is 6.54 Å². The molecule has 1 heterocycles. The molecule has 136 valence electrons. The van der Waals surface area contributed by atoms with Crippen LogP contribution in [-0.4, -0.2) is 49.8 Å². The number of nitrogens with zero attached hydrogens (tertiary/aromatic N) is 2. The van der Waals surface area contributed by atoms with Crippen LogP contribution in [0.5, 0.6) is 5.75 Å². The van der Waals surface area contributed by atoms with Gasteiger partial charge in [0.05, 0.1) is 0 Å². The number of rotatable bonds is 5. The molecule has 1 aromatic rings. The van der Waals surface area contributed by atoms with Crippen molar-refractivity contribution in [1.29, 1.82) is 0 Å². The molecule has 1 aromatic carbocycles. The van der Waals surface area contributed by atoms with Crippen LogP contribution in [0.4, 0.5) is 4.39 Å². The van der Waals surface area contributed by atoms with Crippen LogP contribution in [0.15, 0.2) is 23.2 Å². The summed E-state index contributed by atoms with van der Waals surface area (Å²) in [5.41, 5.74) is 0.763. The Balaban J connectivity index is 0.00000288. The molecule has 0 aromatic heterocycles. The lowest BCUT2D eigenvalue weighted by molar-refractivity contribution is 0.0625. The number of phenolic OH excluding ortho intramolecular Hbond substituents is 1. The summed E-state index contributed by atoms with van der Waals surface area (Å²) in [4.78, 5) is 6.36. The Kier molecular flexibility index (Phi) is 9.35. The van der Waals surface area contributed by atoms with Crippen molar-refractivity contribution in [3.05, 3.63) is 29.6 Å². The van der Waals surface area contributed by atoms with Crippen LogP contribution >= 0.6 is 24.0 Å². The van der Waals surface area contributed by atoms with E-state index in [2.05, 4.69) is 15.2 Å². The molecular formula is C17H27FIN3O2. The van der Waals surface area contributed by atoms with Crippen molar-refractivity contribution < 1.29 is 14.2 Å². The predicted octanol–water partition coefficient (Wildman–Crippen LogP) is 2.97. The smallest absolute Gasteiger partial charge is 0.193 e. The number of aromatic hydroxyl groups is 1. The molecule has 0 spiro atoms. The number of hydrogen-bond donors (Lipinski definition) is 2. The highest BCUT2D eigenvalue weighted by atomic mass is 127. The summed E-state index contributed by atoms with van der Waals surface area (Å²) in [7, 11) is 3.75. The average molecular weight is 451 g/mol. The maximum absolute atomic E-state index is 13.3. The van der Waals surface area contributed by atoms with E-state index in [1.54, 1.807) is 13.1 Å². The van der Waals surface area contributed by atoms with Crippen LogP contribution in [0, 0.1) is 11.7 Å². The van der Waals surface area contributed by atoms with Gasteiger partial charge >= 0.3 is 0 Å². The van der Waals surface area contributed by atoms with Crippen molar-refractivity contribution in [2.75, 3.05) is 33.9 Å². The van der Waals surface area contributed by atoms with Gasteiger partial charge in [-0.15, -0.1) is 24.0 Å². The van der Waals surface area contributed by atoms with Gasteiger partial charge in [0, 0.05) is 40.4 Å². The molecule has 0 bridgehead atoms. The molecule has 0 amide bonds. The van der Waals surface area contributed by atoms with Gasteiger partial charge in [-0.25, -0.2) is 4.39 Å². The second kappa shape index (κ2) is 10.7. The fraction of sp³-hybridized carbons (Fsp3) is 0.588. The van der Waals surface area contributed by atoms with Crippen LogP contribution < -0.4 is 5.32 Å². The molecule has 1 aliphatic rings. The van der Waals surface area contributed by atoms with E-state index in [0.717, 1.165) is 56.5 Å². The minimum Gasteiger partial charge on any atom is -0.505 e. The Morgan fingerprint density at radius 1 is 1.42 bits per heavy atom. The molecule has 24 heavy (non-hydrogen) atoms. The SMILES string of the molecule is CN=C(NCc1ccc(O)c(F)c1)N(C)CCC1CCOCC1.I. The van der Waals surface area contributed by atoms with Crippen LogP contribution in [0.2, 0.25) is 0 Å². The van der Waals surface area contributed by atoms with E-state index < -0.39 is 5.82 Å². The van der Waals surface area contributed by atoms with Gasteiger partial charge in [-0.3, -0.25) is 4.99 Å². The molecule has 1 fully saturated rings. The highest BCUT2D eigenvalue weighted by Crippen LogP contribution is 2.18. The second-order valence-electron chi connectivity index (χ2n) is 5.95. The first kappa shape index (κ1) is 21.0. The van der Waals surface area contributed by atoms with Crippen molar-refractivity contribution in [2.45, 2.75) is 25.8 Å². The summed E-state index contributed by atoms with van der Waals surface area (Å²) >= 11 is 0. The molecule has 7 heteroatoms. The van der Waals surface area contributed by atoms with Gasteiger partial charge in [0.25, 0.3) is 0 Å². The maximum Gasteiger partial charge on any atom is 0.193 e. The largest absolute Gasteiger partial charge is 0.505 e. The van der Waals surface area contributed by atoms with E-state index >= 15 is 0 Å². The van der Waals surface area contributed by atoms with E-state index in [1.165, 1.54) is 12.1 Å². The van der Waals surface area contributed by atoms with Gasteiger partial charge in [0.1, 0.15) is 0 Å².